The zero-order chi connectivity index (χ0) is 21.6. The second kappa shape index (κ2) is 13.7. The molecule has 0 aliphatic heterocycles. The van der Waals surface area contributed by atoms with Crippen LogP contribution in [0.1, 0.15) is 22.3 Å². The average molecular weight is 407 g/mol. The normalized spacial score (nSPS) is 12.5. The van der Waals surface area contributed by atoms with Crippen molar-refractivity contribution in [2.24, 2.45) is 5.73 Å². The Morgan fingerprint density at radius 3 is 1.73 bits per heavy atom. The molecule has 4 heteroatoms. The Kier molecular flexibility index (Phi) is 10.8. The third-order valence-corrected chi connectivity index (χ3v) is 4.84. The van der Waals surface area contributed by atoms with Crippen LogP contribution in [0.15, 0.2) is 84.9 Å². The van der Waals surface area contributed by atoms with Gasteiger partial charge in [0.15, 0.2) is 0 Å². The van der Waals surface area contributed by atoms with Crippen molar-refractivity contribution in [1.29, 1.82) is 0 Å². The average Bonchev–Trinajstić information content (AvgIpc) is 2.79. The van der Waals surface area contributed by atoms with Crippen LogP contribution >= 0.6 is 0 Å². The van der Waals surface area contributed by atoms with Gasteiger partial charge in [0, 0.05) is 18.6 Å². The topological polar surface area (TPSA) is 78.5 Å². The summed E-state index contributed by atoms with van der Waals surface area (Å²) in [4.78, 5) is 0. The van der Waals surface area contributed by atoms with Crippen molar-refractivity contribution in [3.63, 3.8) is 0 Å². The molecule has 0 saturated heterocycles. The molecule has 3 rings (SSSR count). The molecule has 30 heavy (non-hydrogen) atoms. The van der Waals surface area contributed by atoms with E-state index in [0.29, 0.717) is 0 Å². The van der Waals surface area contributed by atoms with Crippen molar-refractivity contribution in [3.8, 4) is 0 Å². The third kappa shape index (κ3) is 9.33. The summed E-state index contributed by atoms with van der Waals surface area (Å²) in [7, 11) is 0. The Labute approximate surface area is 180 Å². The van der Waals surface area contributed by atoms with Gasteiger partial charge >= 0.3 is 0 Å². The molecule has 0 saturated carbocycles. The van der Waals surface area contributed by atoms with E-state index < -0.39 is 0 Å². The van der Waals surface area contributed by atoms with E-state index in [9.17, 15) is 5.11 Å². The number of benzene rings is 3. The molecule has 0 aromatic heterocycles. The van der Waals surface area contributed by atoms with E-state index >= 15 is 0 Å². The van der Waals surface area contributed by atoms with Crippen molar-refractivity contribution in [2.45, 2.75) is 38.4 Å². The maximum Gasteiger partial charge on any atom is 0.0587 e. The van der Waals surface area contributed by atoms with Crippen molar-refractivity contribution in [3.05, 3.63) is 107 Å². The molecule has 3 aromatic carbocycles. The minimum atomic E-state index is -0.127. The molecule has 160 valence electrons. The molecule has 0 amide bonds. The van der Waals surface area contributed by atoms with E-state index in [2.05, 4.69) is 48.6 Å². The molecule has 0 bridgehead atoms. The second-order valence-electron chi connectivity index (χ2n) is 7.57. The van der Waals surface area contributed by atoms with Crippen LogP contribution < -0.4 is 11.1 Å². The molecule has 3 aromatic rings. The lowest BCUT2D eigenvalue weighted by molar-refractivity contribution is 0.241. The molecule has 1 unspecified atom stereocenters. The van der Waals surface area contributed by atoms with E-state index in [1.54, 1.807) is 0 Å². The lowest BCUT2D eigenvalue weighted by Gasteiger charge is -2.16. The fourth-order valence-corrected chi connectivity index (χ4v) is 3.05. The van der Waals surface area contributed by atoms with Gasteiger partial charge in [0.1, 0.15) is 0 Å². The maximum atomic E-state index is 9.45. The first-order valence-electron chi connectivity index (χ1n) is 10.4. The fraction of sp³-hybridized carbons (Fsp3) is 0.308. The van der Waals surface area contributed by atoms with E-state index in [-0.39, 0.29) is 25.3 Å². The summed E-state index contributed by atoms with van der Waals surface area (Å²) >= 11 is 0. The number of hydrogen-bond donors (Lipinski definition) is 4. The third-order valence-electron chi connectivity index (χ3n) is 4.84. The lowest BCUT2D eigenvalue weighted by Crippen LogP contribution is -2.34. The van der Waals surface area contributed by atoms with Crippen molar-refractivity contribution in [1.82, 2.24) is 5.32 Å². The fourth-order valence-electron chi connectivity index (χ4n) is 3.05. The largest absolute Gasteiger partial charge is 0.395 e. The number of nitrogens with two attached hydrogens (primary N) is 1. The van der Waals surface area contributed by atoms with Crippen LogP contribution in [0, 0.1) is 6.92 Å². The van der Waals surface area contributed by atoms with E-state index in [1.165, 1.54) is 22.3 Å². The first kappa shape index (κ1) is 23.8. The first-order chi connectivity index (χ1) is 14.6. The monoisotopic (exact) mass is 406 g/mol. The molecule has 5 N–H and O–H groups in total. The standard InChI is InChI=1S/C17H21NO.C9H13NO/c1-14-7-9-16(10-8-14)12-18-17(13-19)11-15-5-3-2-4-6-15;10-9(7-11)6-8-4-2-1-3-5-8/h2-10,17-19H,11-13H2,1H3;1-5,9,11H,6-7,10H2/t17-;/m0./s1. The molecule has 0 radical (unpaired) electrons. The molecular formula is C26H34N2O2. The minimum absolute atomic E-state index is 0.0505. The van der Waals surface area contributed by atoms with Crippen LogP contribution in [0.2, 0.25) is 0 Å². The Balaban J connectivity index is 0.000000248. The van der Waals surface area contributed by atoms with Crippen LogP contribution in [-0.4, -0.2) is 35.5 Å². The highest BCUT2D eigenvalue weighted by atomic mass is 16.3. The van der Waals surface area contributed by atoms with Gasteiger partial charge < -0.3 is 21.3 Å². The van der Waals surface area contributed by atoms with Gasteiger partial charge in [0.05, 0.1) is 13.2 Å². The highest BCUT2D eigenvalue weighted by molar-refractivity contribution is 5.21. The molecule has 2 atom stereocenters. The Morgan fingerprint density at radius 1 is 0.700 bits per heavy atom. The van der Waals surface area contributed by atoms with Gasteiger partial charge in [-0.2, -0.15) is 0 Å². The van der Waals surface area contributed by atoms with Gasteiger partial charge in [0.2, 0.25) is 0 Å². The van der Waals surface area contributed by atoms with Crippen molar-refractivity contribution in [2.75, 3.05) is 13.2 Å². The van der Waals surface area contributed by atoms with Crippen LogP contribution in [0.3, 0.4) is 0 Å². The summed E-state index contributed by atoms with van der Waals surface area (Å²) in [5.41, 5.74) is 10.5. The summed E-state index contributed by atoms with van der Waals surface area (Å²) < 4.78 is 0. The molecule has 4 nitrogen and oxygen atoms in total. The summed E-state index contributed by atoms with van der Waals surface area (Å²) in [5.74, 6) is 0. The number of nitrogens with one attached hydrogen (secondary N) is 1. The number of aryl methyl sites for hydroxylation is 1. The summed E-state index contributed by atoms with van der Waals surface area (Å²) in [6, 6.07) is 28.6. The van der Waals surface area contributed by atoms with Gasteiger partial charge in [-0.3, -0.25) is 0 Å². The summed E-state index contributed by atoms with van der Waals surface area (Å²) in [6.45, 7) is 3.08. The van der Waals surface area contributed by atoms with E-state index in [1.807, 2.05) is 48.5 Å². The van der Waals surface area contributed by atoms with Crippen LogP contribution in [-0.2, 0) is 19.4 Å². The Bertz CT molecular complexity index is 807. The SMILES string of the molecule is Cc1ccc(CN[C@H](CO)Cc2ccccc2)cc1.NC(CO)Cc1ccccc1. The van der Waals surface area contributed by atoms with E-state index in [4.69, 9.17) is 10.8 Å². The molecule has 0 aliphatic carbocycles. The second-order valence-corrected chi connectivity index (χ2v) is 7.57. The number of rotatable bonds is 9. The van der Waals surface area contributed by atoms with Crippen LogP contribution in [0.25, 0.3) is 0 Å². The lowest BCUT2D eigenvalue weighted by atomic mass is 10.1. The van der Waals surface area contributed by atoms with Gasteiger partial charge in [-0.05, 0) is 36.5 Å². The molecule has 0 aliphatic rings. The smallest absolute Gasteiger partial charge is 0.0587 e. The van der Waals surface area contributed by atoms with Crippen molar-refractivity contribution >= 4 is 0 Å². The highest BCUT2D eigenvalue weighted by Crippen LogP contribution is 2.06. The van der Waals surface area contributed by atoms with Crippen LogP contribution in [0.4, 0.5) is 0 Å². The predicted molar refractivity (Wildman–Crippen MR) is 124 cm³/mol. The molecule has 0 heterocycles. The van der Waals surface area contributed by atoms with Gasteiger partial charge in [0.25, 0.3) is 0 Å². The predicted octanol–water partition coefficient (Wildman–Crippen LogP) is 3.24. The molecule has 0 spiro atoms. The molecule has 0 fully saturated rings. The summed E-state index contributed by atoms with van der Waals surface area (Å²) in [5, 5.41) is 21.5. The van der Waals surface area contributed by atoms with Crippen LogP contribution in [0.5, 0.6) is 0 Å². The quantitative estimate of drug-likeness (QED) is 0.440. The van der Waals surface area contributed by atoms with Gasteiger partial charge in [-0.1, -0.05) is 90.5 Å². The minimum Gasteiger partial charge on any atom is -0.395 e. The van der Waals surface area contributed by atoms with Crippen molar-refractivity contribution < 1.29 is 10.2 Å². The zero-order valence-electron chi connectivity index (χ0n) is 17.7. The van der Waals surface area contributed by atoms with Gasteiger partial charge in [-0.25, -0.2) is 0 Å². The first-order valence-corrected chi connectivity index (χ1v) is 10.4. The highest BCUT2D eigenvalue weighted by Gasteiger charge is 2.07. The van der Waals surface area contributed by atoms with Gasteiger partial charge in [-0.15, -0.1) is 0 Å². The molecular weight excluding hydrogens is 372 g/mol. The maximum absolute atomic E-state index is 9.45. The number of aliphatic hydroxyl groups is 2. The summed E-state index contributed by atoms with van der Waals surface area (Å²) in [6.07, 6.45) is 1.60. The Morgan fingerprint density at radius 2 is 1.23 bits per heavy atom. The Hall–Kier alpha value is -2.50. The zero-order valence-corrected chi connectivity index (χ0v) is 17.7. The van der Waals surface area contributed by atoms with E-state index in [0.717, 1.165) is 19.4 Å². The number of hydrogen-bond acceptors (Lipinski definition) is 4. The number of aliphatic hydroxyl groups excluding tert-OH is 2.